The van der Waals surface area contributed by atoms with Crippen molar-refractivity contribution in [1.29, 1.82) is 0 Å². The molecule has 6 heteroatoms. The van der Waals surface area contributed by atoms with Crippen LogP contribution < -0.4 is 0 Å². The van der Waals surface area contributed by atoms with E-state index in [0.29, 0.717) is 19.6 Å². The molecule has 0 aliphatic carbocycles. The molecule has 0 unspecified atom stereocenters. The zero-order chi connectivity index (χ0) is 17.1. The SMILES string of the molecule is Cc1n[nH]c(C)c1CC(=O)N1CCO[C@H](CO)[C@H]1c1ccccc1. The lowest BCUT2D eigenvalue weighted by Gasteiger charge is -2.41. The van der Waals surface area contributed by atoms with Gasteiger partial charge in [0.05, 0.1) is 31.4 Å². The topological polar surface area (TPSA) is 78.5 Å². The second-order valence-corrected chi connectivity index (χ2v) is 6.12. The zero-order valence-corrected chi connectivity index (χ0v) is 14.0. The van der Waals surface area contributed by atoms with Gasteiger partial charge in [0.1, 0.15) is 6.10 Å². The number of rotatable bonds is 4. The summed E-state index contributed by atoms with van der Waals surface area (Å²) < 4.78 is 5.69. The summed E-state index contributed by atoms with van der Waals surface area (Å²) >= 11 is 0. The Kier molecular flexibility index (Phi) is 4.97. The van der Waals surface area contributed by atoms with Crippen molar-refractivity contribution in [1.82, 2.24) is 15.1 Å². The Bertz CT molecular complexity index is 679. The number of nitrogens with zero attached hydrogens (tertiary/aromatic N) is 2. The summed E-state index contributed by atoms with van der Waals surface area (Å²) in [7, 11) is 0. The van der Waals surface area contributed by atoms with Crippen molar-refractivity contribution in [3.05, 3.63) is 52.8 Å². The minimum atomic E-state index is -0.406. The van der Waals surface area contributed by atoms with Crippen molar-refractivity contribution in [2.75, 3.05) is 19.8 Å². The molecule has 2 N–H and O–H groups in total. The van der Waals surface area contributed by atoms with Gasteiger partial charge in [-0.05, 0) is 19.4 Å². The average Bonchev–Trinajstić information content (AvgIpc) is 2.93. The summed E-state index contributed by atoms with van der Waals surface area (Å²) in [4.78, 5) is 14.8. The van der Waals surface area contributed by atoms with Gasteiger partial charge in [0, 0.05) is 17.8 Å². The molecule has 2 atom stereocenters. The van der Waals surface area contributed by atoms with Crippen molar-refractivity contribution in [3.8, 4) is 0 Å². The van der Waals surface area contributed by atoms with Crippen LogP contribution in [0.25, 0.3) is 0 Å². The molecule has 3 rings (SSSR count). The summed E-state index contributed by atoms with van der Waals surface area (Å²) in [5, 5.41) is 16.8. The number of carbonyl (C=O) groups is 1. The maximum atomic E-state index is 13.0. The number of ether oxygens (including phenoxy) is 1. The van der Waals surface area contributed by atoms with Gasteiger partial charge in [-0.15, -0.1) is 0 Å². The van der Waals surface area contributed by atoms with E-state index in [2.05, 4.69) is 10.2 Å². The van der Waals surface area contributed by atoms with E-state index in [4.69, 9.17) is 4.74 Å². The van der Waals surface area contributed by atoms with Crippen molar-refractivity contribution in [2.24, 2.45) is 0 Å². The fourth-order valence-electron chi connectivity index (χ4n) is 3.30. The van der Waals surface area contributed by atoms with Crippen LogP contribution >= 0.6 is 0 Å². The largest absolute Gasteiger partial charge is 0.394 e. The van der Waals surface area contributed by atoms with Gasteiger partial charge >= 0.3 is 0 Å². The first kappa shape index (κ1) is 16.7. The third-order valence-corrected chi connectivity index (χ3v) is 4.60. The number of aliphatic hydroxyl groups is 1. The summed E-state index contributed by atoms with van der Waals surface area (Å²) in [6, 6.07) is 9.47. The summed E-state index contributed by atoms with van der Waals surface area (Å²) in [6.45, 7) is 4.66. The fraction of sp³-hybridized carbons (Fsp3) is 0.444. The highest BCUT2D eigenvalue weighted by Crippen LogP contribution is 2.30. The van der Waals surface area contributed by atoms with Crippen LogP contribution in [0.2, 0.25) is 0 Å². The molecule has 2 aromatic rings. The minimum absolute atomic E-state index is 0.0261. The van der Waals surface area contributed by atoms with Gasteiger partial charge in [0.15, 0.2) is 0 Å². The summed E-state index contributed by atoms with van der Waals surface area (Å²) in [5.41, 5.74) is 3.69. The maximum Gasteiger partial charge on any atom is 0.227 e. The van der Waals surface area contributed by atoms with E-state index in [1.807, 2.05) is 49.1 Å². The lowest BCUT2D eigenvalue weighted by Crippen LogP contribution is -2.50. The highest BCUT2D eigenvalue weighted by Gasteiger charge is 2.36. The maximum absolute atomic E-state index is 13.0. The molecule has 1 fully saturated rings. The van der Waals surface area contributed by atoms with Crippen LogP contribution in [-0.4, -0.2) is 52.0 Å². The number of morpholine rings is 1. The molecule has 0 spiro atoms. The van der Waals surface area contributed by atoms with Gasteiger partial charge in [-0.2, -0.15) is 5.10 Å². The number of hydrogen-bond acceptors (Lipinski definition) is 4. The highest BCUT2D eigenvalue weighted by molar-refractivity contribution is 5.80. The molecule has 1 aliphatic rings. The van der Waals surface area contributed by atoms with Crippen LogP contribution in [-0.2, 0) is 16.0 Å². The fourth-order valence-corrected chi connectivity index (χ4v) is 3.30. The van der Waals surface area contributed by atoms with E-state index in [1.165, 1.54) is 0 Å². The van der Waals surface area contributed by atoms with Crippen molar-refractivity contribution in [2.45, 2.75) is 32.4 Å². The van der Waals surface area contributed by atoms with Crippen LogP contribution in [0.15, 0.2) is 30.3 Å². The molecule has 1 aromatic heterocycles. The van der Waals surface area contributed by atoms with Crippen LogP contribution in [0.1, 0.15) is 28.6 Å². The Hall–Kier alpha value is -2.18. The number of aromatic nitrogens is 2. The Morgan fingerprint density at radius 3 is 2.75 bits per heavy atom. The molecule has 0 radical (unpaired) electrons. The number of hydrogen-bond donors (Lipinski definition) is 2. The van der Waals surface area contributed by atoms with Gasteiger partial charge in [0.25, 0.3) is 0 Å². The van der Waals surface area contributed by atoms with Crippen molar-refractivity contribution < 1.29 is 14.6 Å². The normalized spacial score (nSPS) is 21.0. The molecule has 1 amide bonds. The molecule has 6 nitrogen and oxygen atoms in total. The molecular formula is C18H23N3O3. The number of aliphatic hydroxyl groups excluding tert-OH is 1. The Morgan fingerprint density at radius 2 is 2.12 bits per heavy atom. The third kappa shape index (κ3) is 3.20. The van der Waals surface area contributed by atoms with Crippen molar-refractivity contribution in [3.63, 3.8) is 0 Å². The number of benzene rings is 1. The van der Waals surface area contributed by atoms with Gasteiger partial charge in [-0.1, -0.05) is 30.3 Å². The van der Waals surface area contributed by atoms with Crippen LogP contribution in [0.3, 0.4) is 0 Å². The van der Waals surface area contributed by atoms with E-state index in [9.17, 15) is 9.90 Å². The first-order valence-electron chi connectivity index (χ1n) is 8.19. The van der Waals surface area contributed by atoms with E-state index in [-0.39, 0.29) is 18.6 Å². The second kappa shape index (κ2) is 7.15. The zero-order valence-electron chi connectivity index (χ0n) is 14.0. The van der Waals surface area contributed by atoms with Crippen molar-refractivity contribution >= 4 is 5.91 Å². The van der Waals surface area contributed by atoms with E-state index >= 15 is 0 Å². The highest BCUT2D eigenvalue weighted by atomic mass is 16.5. The number of amides is 1. The van der Waals surface area contributed by atoms with Gasteiger partial charge in [-0.25, -0.2) is 0 Å². The number of aromatic amines is 1. The Morgan fingerprint density at radius 1 is 1.38 bits per heavy atom. The van der Waals surface area contributed by atoms with Gasteiger partial charge < -0.3 is 14.7 Å². The molecule has 1 aromatic carbocycles. The molecule has 1 saturated heterocycles. The van der Waals surface area contributed by atoms with E-state index in [1.54, 1.807) is 0 Å². The van der Waals surface area contributed by atoms with Crippen LogP contribution in [0.4, 0.5) is 0 Å². The molecular weight excluding hydrogens is 306 g/mol. The minimum Gasteiger partial charge on any atom is -0.394 e. The molecule has 1 aliphatic heterocycles. The number of nitrogens with one attached hydrogen (secondary N) is 1. The summed E-state index contributed by atoms with van der Waals surface area (Å²) in [5.74, 6) is 0.0261. The Balaban J connectivity index is 1.87. The molecule has 128 valence electrons. The standard InChI is InChI=1S/C18H23N3O3/c1-12-15(13(2)20-19-12)10-17(23)21-8-9-24-16(11-22)18(21)14-6-4-3-5-7-14/h3-7,16,18,22H,8-11H2,1-2H3,(H,19,20)/t16-,18-/m1/s1. The van der Waals surface area contributed by atoms with E-state index < -0.39 is 6.10 Å². The molecule has 0 saturated carbocycles. The lowest BCUT2D eigenvalue weighted by molar-refractivity contribution is -0.149. The third-order valence-electron chi connectivity index (χ3n) is 4.60. The predicted octanol–water partition coefficient (Wildman–Crippen LogP) is 1.53. The second-order valence-electron chi connectivity index (χ2n) is 6.12. The van der Waals surface area contributed by atoms with E-state index in [0.717, 1.165) is 22.5 Å². The number of carbonyl (C=O) groups excluding carboxylic acids is 1. The molecule has 0 bridgehead atoms. The van der Waals surface area contributed by atoms with Crippen LogP contribution in [0, 0.1) is 13.8 Å². The summed E-state index contributed by atoms with van der Waals surface area (Å²) in [6.07, 6.45) is -0.105. The van der Waals surface area contributed by atoms with Crippen LogP contribution in [0.5, 0.6) is 0 Å². The number of aryl methyl sites for hydroxylation is 2. The number of H-pyrrole nitrogens is 1. The Labute approximate surface area is 141 Å². The lowest BCUT2D eigenvalue weighted by atomic mass is 9.97. The first-order valence-corrected chi connectivity index (χ1v) is 8.19. The quantitative estimate of drug-likeness (QED) is 0.892. The monoisotopic (exact) mass is 329 g/mol. The molecule has 24 heavy (non-hydrogen) atoms. The molecule has 2 heterocycles. The van der Waals surface area contributed by atoms with Gasteiger partial charge in [0.2, 0.25) is 5.91 Å². The average molecular weight is 329 g/mol. The first-order chi connectivity index (χ1) is 11.6. The van der Waals surface area contributed by atoms with Gasteiger partial charge in [-0.3, -0.25) is 9.89 Å². The predicted molar refractivity (Wildman–Crippen MR) is 89.5 cm³/mol. The smallest absolute Gasteiger partial charge is 0.227 e.